The van der Waals surface area contributed by atoms with Gasteiger partial charge < -0.3 is 15.2 Å². The fourth-order valence-corrected chi connectivity index (χ4v) is 1.41. The minimum absolute atomic E-state index is 0.157. The van der Waals surface area contributed by atoms with Crippen molar-refractivity contribution < 1.29 is 28.6 Å². The average Bonchev–Trinajstić information content (AvgIpc) is 2.42. The summed E-state index contributed by atoms with van der Waals surface area (Å²) in [5.74, 6) is -3.83. The van der Waals surface area contributed by atoms with Crippen LogP contribution in [-0.4, -0.2) is 41.1 Å². The number of hydrogen-bond acceptors (Lipinski definition) is 5. The highest BCUT2D eigenvalue weighted by Crippen LogP contribution is 2.06. The van der Waals surface area contributed by atoms with Crippen molar-refractivity contribution in [3.63, 3.8) is 0 Å². The Balaban J connectivity index is 2.71. The molecule has 0 saturated heterocycles. The molecule has 0 bridgehead atoms. The number of halogens is 1. The Morgan fingerprint density at radius 3 is 2.75 bits per heavy atom. The molecule has 1 heterocycles. The number of carboxylic acids is 1. The predicted molar refractivity (Wildman–Crippen MR) is 64.3 cm³/mol. The van der Waals surface area contributed by atoms with Gasteiger partial charge in [-0.1, -0.05) is 0 Å². The van der Waals surface area contributed by atoms with Gasteiger partial charge in [-0.15, -0.1) is 0 Å². The molecule has 0 aromatic carbocycles. The Kier molecular flexibility index (Phi) is 5.57. The predicted octanol–water partition coefficient (Wildman–Crippen LogP) is 0.357. The van der Waals surface area contributed by atoms with Gasteiger partial charge in [0.1, 0.15) is 6.04 Å². The second-order valence-electron chi connectivity index (χ2n) is 3.82. The molecule has 1 amide bonds. The lowest BCUT2D eigenvalue weighted by atomic mass is 10.1. The van der Waals surface area contributed by atoms with Crippen molar-refractivity contribution in [3.8, 4) is 0 Å². The zero-order valence-electron chi connectivity index (χ0n) is 10.6. The average molecular weight is 284 g/mol. The van der Waals surface area contributed by atoms with Crippen molar-refractivity contribution in [3.05, 3.63) is 29.8 Å². The number of ether oxygens (including phenoxy) is 1. The molecule has 8 heteroatoms. The van der Waals surface area contributed by atoms with Crippen molar-refractivity contribution in [1.82, 2.24) is 10.3 Å². The summed E-state index contributed by atoms with van der Waals surface area (Å²) in [6.07, 6.45) is 0.830. The number of carbonyl (C=O) groups is 3. The molecule has 108 valence electrons. The number of hydrogen-bond donors (Lipinski definition) is 2. The summed E-state index contributed by atoms with van der Waals surface area (Å²) in [7, 11) is 1.17. The van der Waals surface area contributed by atoms with Crippen LogP contribution < -0.4 is 5.32 Å². The third-order valence-electron chi connectivity index (χ3n) is 2.47. The van der Waals surface area contributed by atoms with Gasteiger partial charge in [-0.25, -0.2) is 9.78 Å². The summed E-state index contributed by atoms with van der Waals surface area (Å²) in [6.45, 7) is 0. The van der Waals surface area contributed by atoms with Crippen molar-refractivity contribution in [1.29, 1.82) is 0 Å². The zero-order chi connectivity index (χ0) is 15.1. The summed E-state index contributed by atoms with van der Waals surface area (Å²) in [5, 5.41) is 11.1. The molecule has 0 spiro atoms. The lowest BCUT2D eigenvalue weighted by Gasteiger charge is -2.13. The minimum Gasteiger partial charge on any atom is -0.480 e. The summed E-state index contributed by atoms with van der Waals surface area (Å²) in [4.78, 5) is 36.9. The van der Waals surface area contributed by atoms with Gasteiger partial charge in [0.05, 0.1) is 12.7 Å². The van der Waals surface area contributed by atoms with E-state index in [0.717, 1.165) is 6.20 Å². The monoisotopic (exact) mass is 284 g/mol. The summed E-state index contributed by atoms with van der Waals surface area (Å²) in [6, 6.07) is 1.21. The minimum atomic E-state index is -1.33. The van der Waals surface area contributed by atoms with Gasteiger partial charge in [-0.05, 0) is 18.6 Å². The molecule has 1 atom stereocenters. The molecule has 0 aliphatic heterocycles. The van der Waals surface area contributed by atoms with Crippen molar-refractivity contribution in [2.75, 3.05) is 7.11 Å². The largest absolute Gasteiger partial charge is 0.480 e. The molecule has 1 aromatic heterocycles. The molecule has 0 fully saturated rings. The second-order valence-corrected chi connectivity index (χ2v) is 3.82. The maximum Gasteiger partial charge on any atom is 0.326 e. The molecule has 0 unspecified atom stereocenters. The van der Waals surface area contributed by atoms with Crippen LogP contribution in [0.15, 0.2) is 18.3 Å². The number of carboxylic acid groups (broad SMARTS) is 1. The standard InChI is InChI=1S/C12H13FN2O5/c1-20-9(16)5-4-8(12(18)19)15-11(17)7-3-2-6-14-10(7)13/h2-3,6,8H,4-5H2,1H3,(H,15,17)(H,18,19)/t8-/m0/s1. The molecule has 7 nitrogen and oxygen atoms in total. The molecule has 20 heavy (non-hydrogen) atoms. The molecule has 1 aromatic rings. The Hall–Kier alpha value is -2.51. The number of nitrogens with one attached hydrogen (secondary N) is 1. The van der Waals surface area contributed by atoms with Crippen LogP contribution in [0, 0.1) is 5.95 Å². The van der Waals surface area contributed by atoms with E-state index in [0.29, 0.717) is 0 Å². The molecule has 0 radical (unpaired) electrons. The SMILES string of the molecule is COC(=O)CC[C@H](NC(=O)c1cccnc1F)C(=O)O. The molecular formula is C12H13FN2O5. The summed E-state index contributed by atoms with van der Waals surface area (Å²) >= 11 is 0. The van der Waals surface area contributed by atoms with E-state index >= 15 is 0 Å². The number of carbonyl (C=O) groups excluding carboxylic acids is 2. The first-order valence-corrected chi connectivity index (χ1v) is 5.66. The fourth-order valence-electron chi connectivity index (χ4n) is 1.41. The third kappa shape index (κ3) is 4.30. The van der Waals surface area contributed by atoms with Crippen LogP contribution in [0.25, 0.3) is 0 Å². The highest BCUT2D eigenvalue weighted by molar-refractivity contribution is 5.96. The smallest absolute Gasteiger partial charge is 0.326 e. The maximum absolute atomic E-state index is 13.3. The molecule has 0 aliphatic carbocycles. The second kappa shape index (κ2) is 7.17. The number of methoxy groups -OCH3 is 1. The molecular weight excluding hydrogens is 271 g/mol. The van der Waals surface area contributed by atoms with Gasteiger partial charge in [0.25, 0.3) is 5.91 Å². The molecule has 2 N–H and O–H groups in total. The van der Waals surface area contributed by atoms with Gasteiger partial charge in [0.15, 0.2) is 0 Å². The highest BCUT2D eigenvalue weighted by Gasteiger charge is 2.23. The summed E-state index contributed by atoms with van der Waals surface area (Å²) < 4.78 is 17.6. The van der Waals surface area contributed by atoms with Gasteiger partial charge in [-0.3, -0.25) is 9.59 Å². The highest BCUT2D eigenvalue weighted by atomic mass is 19.1. The normalized spacial score (nSPS) is 11.5. The first-order valence-electron chi connectivity index (χ1n) is 5.66. The van der Waals surface area contributed by atoms with Crippen LogP contribution in [0.4, 0.5) is 4.39 Å². The number of rotatable bonds is 6. The van der Waals surface area contributed by atoms with E-state index in [1.165, 1.54) is 19.2 Å². The Bertz CT molecular complexity index is 520. The van der Waals surface area contributed by atoms with Gasteiger partial charge in [0.2, 0.25) is 5.95 Å². The van der Waals surface area contributed by atoms with Crippen molar-refractivity contribution in [2.45, 2.75) is 18.9 Å². The summed E-state index contributed by atoms with van der Waals surface area (Å²) in [5.41, 5.74) is -0.364. The van der Waals surface area contributed by atoms with E-state index in [2.05, 4.69) is 15.0 Å². The van der Waals surface area contributed by atoms with Crippen molar-refractivity contribution >= 4 is 17.8 Å². The van der Waals surface area contributed by atoms with Gasteiger partial charge in [-0.2, -0.15) is 4.39 Å². The van der Waals surface area contributed by atoms with E-state index in [9.17, 15) is 18.8 Å². The molecule has 0 saturated carbocycles. The lowest BCUT2D eigenvalue weighted by Crippen LogP contribution is -2.41. The van der Waals surface area contributed by atoms with Gasteiger partial charge in [0, 0.05) is 12.6 Å². The number of nitrogens with zero attached hydrogens (tertiary/aromatic N) is 1. The number of esters is 1. The zero-order valence-corrected chi connectivity index (χ0v) is 10.6. The van der Waals surface area contributed by atoms with Gasteiger partial charge >= 0.3 is 11.9 Å². The van der Waals surface area contributed by atoms with Crippen LogP contribution in [-0.2, 0) is 14.3 Å². The molecule has 0 aliphatic rings. The van der Waals surface area contributed by atoms with E-state index in [1.54, 1.807) is 0 Å². The number of pyridine rings is 1. The Labute approximate surface area is 113 Å². The first kappa shape index (κ1) is 15.5. The van der Waals surface area contributed by atoms with E-state index in [1.807, 2.05) is 0 Å². The van der Waals surface area contributed by atoms with Crippen molar-refractivity contribution in [2.24, 2.45) is 0 Å². The van der Waals surface area contributed by atoms with Crippen LogP contribution >= 0.6 is 0 Å². The number of aromatic nitrogens is 1. The topological polar surface area (TPSA) is 106 Å². The Morgan fingerprint density at radius 2 is 2.20 bits per heavy atom. The quantitative estimate of drug-likeness (QED) is 0.577. The Morgan fingerprint density at radius 1 is 1.50 bits per heavy atom. The van der Waals surface area contributed by atoms with E-state index in [4.69, 9.17) is 5.11 Å². The third-order valence-corrected chi connectivity index (χ3v) is 2.47. The van der Waals surface area contributed by atoms with E-state index in [-0.39, 0.29) is 18.4 Å². The number of amides is 1. The fraction of sp³-hybridized carbons (Fsp3) is 0.333. The van der Waals surface area contributed by atoms with Crippen LogP contribution in [0.2, 0.25) is 0 Å². The molecule has 1 rings (SSSR count). The maximum atomic E-state index is 13.3. The first-order chi connectivity index (χ1) is 9.45. The van der Waals surface area contributed by atoms with Crippen LogP contribution in [0.3, 0.4) is 0 Å². The lowest BCUT2D eigenvalue weighted by molar-refractivity contribution is -0.142. The van der Waals surface area contributed by atoms with Crippen LogP contribution in [0.5, 0.6) is 0 Å². The van der Waals surface area contributed by atoms with E-state index < -0.39 is 29.8 Å². The number of aliphatic carboxylic acids is 1. The van der Waals surface area contributed by atoms with Crippen LogP contribution in [0.1, 0.15) is 23.2 Å².